The number of fused-ring (bicyclic) bond motifs is 1. The van der Waals surface area contributed by atoms with Crippen LogP contribution in [0.5, 0.6) is 5.75 Å². The van der Waals surface area contributed by atoms with E-state index >= 15 is 0 Å². The molecule has 1 aromatic rings. The first kappa shape index (κ1) is 10.4. The molecule has 0 fully saturated rings. The van der Waals surface area contributed by atoms with E-state index < -0.39 is 10.0 Å². The molecule has 4 nitrogen and oxygen atoms in total. The lowest BCUT2D eigenvalue weighted by Gasteiger charge is -2.14. The average molecular weight is 227 g/mol. The molecule has 2 rings (SSSR count). The number of benzene rings is 1. The van der Waals surface area contributed by atoms with Crippen molar-refractivity contribution in [1.82, 2.24) is 0 Å². The van der Waals surface area contributed by atoms with E-state index in [2.05, 4.69) is 0 Å². The van der Waals surface area contributed by atoms with Gasteiger partial charge in [-0.15, -0.1) is 0 Å². The molecule has 0 bridgehead atoms. The summed E-state index contributed by atoms with van der Waals surface area (Å²) < 4.78 is 28.0. The van der Waals surface area contributed by atoms with Crippen molar-refractivity contribution >= 4 is 10.0 Å². The van der Waals surface area contributed by atoms with Crippen LogP contribution in [0.3, 0.4) is 0 Å². The van der Waals surface area contributed by atoms with Gasteiger partial charge in [0.15, 0.2) is 0 Å². The van der Waals surface area contributed by atoms with Crippen molar-refractivity contribution in [2.45, 2.75) is 24.2 Å². The Kier molecular flexibility index (Phi) is 2.06. The van der Waals surface area contributed by atoms with Gasteiger partial charge in [0, 0.05) is 11.0 Å². The monoisotopic (exact) mass is 227 g/mol. The largest absolute Gasteiger partial charge is 0.491 e. The van der Waals surface area contributed by atoms with E-state index in [1.807, 2.05) is 19.9 Å². The molecule has 82 valence electrons. The highest BCUT2D eigenvalue weighted by molar-refractivity contribution is 7.89. The van der Waals surface area contributed by atoms with Crippen LogP contribution >= 0.6 is 0 Å². The maximum Gasteiger partial charge on any atom is 0.241 e. The highest BCUT2D eigenvalue weighted by Gasteiger charge is 2.35. The lowest BCUT2D eigenvalue weighted by Crippen LogP contribution is -2.18. The molecule has 0 unspecified atom stereocenters. The number of hydrogen-bond acceptors (Lipinski definition) is 3. The Morgan fingerprint density at radius 1 is 1.40 bits per heavy atom. The van der Waals surface area contributed by atoms with Gasteiger partial charge in [-0.3, -0.25) is 0 Å². The van der Waals surface area contributed by atoms with E-state index in [9.17, 15) is 8.42 Å². The van der Waals surface area contributed by atoms with Gasteiger partial charge < -0.3 is 4.74 Å². The normalized spacial score (nSPS) is 18.3. The lowest BCUT2D eigenvalue weighted by atomic mass is 9.87. The highest BCUT2D eigenvalue weighted by atomic mass is 32.2. The number of para-hydroxylation sites is 1. The summed E-state index contributed by atoms with van der Waals surface area (Å²) in [6.45, 7) is 4.49. The van der Waals surface area contributed by atoms with Gasteiger partial charge in [-0.1, -0.05) is 26.0 Å². The molecule has 1 aliphatic heterocycles. The van der Waals surface area contributed by atoms with Crippen molar-refractivity contribution in [2.24, 2.45) is 5.14 Å². The number of nitrogens with two attached hydrogens (primary N) is 1. The van der Waals surface area contributed by atoms with E-state index in [-0.39, 0.29) is 10.3 Å². The van der Waals surface area contributed by atoms with Gasteiger partial charge in [-0.05, 0) is 6.07 Å². The molecule has 0 aromatic heterocycles. The van der Waals surface area contributed by atoms with E-state index in [1.54, 1.807) is 6.07 Å². The zero-order chi connectivity index (χ0) is 11.3. The second-order valence-electron chi connectivity index (χ2n) is 4.35. The summed E-state index contributed by atoms with van der Waals surface area (Å²) in [6.07, 6.45) is 0. The van der Waals surface area contributed by atoms with Gasteiger partial charge in [-0.2, -0.15) is 0 Å². The summed E-state index contributed by atoms with van der Waals surface area (Å²) in [4.78, 5) is 0.0746. The van der Waals surface area contributed by atoms with Crippen LogP contribution in [0.15, 0.2) is 23.1 Å². The minimum absolute atomic E-state index is 0.0746. The van der Waals surface area contributed by atoms with Crippen molar-refractivity contribution in [2.75, 3.05) is 6.61 Å². The predicted molar refractivity (Wildman–Crippen MR) is 56.3 cm³/mol. The highest BCUT2D eigenvalue weighted by Crippen LogP contribution is 2.41. The smallest absolute Gasteiger partial charge is 0.241 e. The standard InChI is InChI=1S/C10H13NO3S/c1-10(2)6-14-9-7(10)4-3-5-8(9)15(11,12)13/h3-5H,6H2,1-2H3,(H2,11,12,13). The molecular weight excluding hydrogens is 214 g/mol. The van der Waals surface area contributed by atoms with Crippen LogP contribution < -0.4 is 9.88 Å². The minimum atomic E-state index is -3.70. The molecule has 1 aliphatic rings. The third kappa shape index (κ3) is 1.61. The van der Waals surface area contributed by atoms with Crippen molar-refractivity contribution in [3.8, 4) is 5.75 Å². The summed E-state index contributed by atoms with van der Waals surface area (Å²) in [5.74, 6) is 0.407. The van der Waals surface area contributed by atoms with E-state index in [4.69, 9.17) is 9.88 Å². The topological polar surface area (TPSA) is 69.4 Å². The van der Waals surface area contributed by atoms with Crippen molar-refractivity contribution in [3.63, 3.8) is 0 Å². The number of rotatable bonds is 1. The summed E-state index contributed by atoms with van der Waals surface area (Å²) in [7, 11) is -3.70. The molecule has 2 N–H and O–H groups in total. The van der Waals surface area contributed by atoms with Crippen LogP contribution in [0.1, 0.15) is 19.4 Å². The van der Waals surface area contributed by atoms with Crippen LogP contribution in [-0.2, 0) is 15.4 Å². The average Bonchev–Trinajstić information content (AvgIpc) is 2.41. The van der Waals surface area contributed by atoms with Crippen LogP contribution in [0.25, 0.3) is 0 Å². The van der Waals surface area contributed by atoms with E-state index in [1.165, 1.54) is 6.07 Å². The molecule has 0 saturated carbocycles. The second kappa shape index (κ2) is 2.96. The van der Waals surface area contributed by atoms with E-state index in [0.29, 0.717) is 12.4 Å². The Hall–Kier alpha value is -1.07. The maximum absolute atomic E-state index is 11.3. The van der Waals surface area contributed by atoms with Gasteiger partial charge in [0.25, 0.3) is 0 Å². The maximum atomic E-state index is 11.3. The predicted octanol–water partition coefficient (Wildman–Crippen LogP) is 1.00. The van der Waals surface area contributed by atoms with Gasteiger partial charge in [0.05, 0.1) is 6.61 Å². The molecule has 15 heavy (non-hydrogen) atoms. The molecule has 0 amide bonds. The summed E-state index contributed by atoms with van der Waals surface area (Å²) in [6, 6.07) is 5.03. The zero-order valence-corrected chi connectivity index (χ0v) is 9.47. The first-order chi connectivity index (χ1) is 6.82. The fourth-order valence-corrected chi connectivity index (χ4v) is 2.45. The first-order valence-electron chi connectivity index (χ1n) is 4.61. The fourth-order valence-electron chi connectivity index (χ4n) is 1.75. The molecule has 1 aromatic carbocycles. The summed E-state index contributed by atoms with van der Waals surface area (Å²) >= 11 is 0. The Morgan fingerprint density at radius 2 is 2.07 bits per heavy atom. The van der Waals surface area contributed by atoms with Crippen LogP contribution in [0, 0.1) is 0 Å². The molecule has 5 heteroatoms. The molecule has 0 aliphatic carbocycles. The Morgan fingerprint density at radius 3 is 2.67 bits per heavy atom. The van der Waals surface area contributed by atoms with Crippen LogP contribution in [-0.4, -0.2) is 15.0 Å². The quantitative estimate of drug-likeness (QED) is 0.778. The van der Waals surface area contributed by atoms with Crippen molar-refractivity contribution in [1.29, 1.82) is 0 Å². The summed E-state index contributed by atoms with van der Waals surface area (Å²) in [5, 5.41) is 5.11. The van der Waals surface area contributed by atoms with Gasteiger partial charge in [0.1, 0.15) is 10.6 Å². The number of sulfonamides is 1. The summed E-state index contributed by atoms with van der Waals surface area (Å²) in [5.41, 5.74) is 0.741. The molecular formula is C10H13NO3S. The van der Waals surface area contributed by atoms with E-state index in [0.717, 1.165) is 5.56 Å². The zero-order valence-electron chi connectivity index (χ0n) is 8.65. The lowest BCUT2D eigenvalue weighted by molar-refractivity contribution is 0.286. The third-order valence-electron chi connectivity index (χ3n) is 2.59. The molecule has 1 heterocycles. The first-order valence-corrected chi connectivity index (χ1v) is 6.16. The molecule has 0 saturated heterocycles. The Balaban J connectivity index is 2.70. The number of ether oxygens (including phenoxy) is 1. The molecule has 0 atom stereocenters. The third-order valence-corrected chi connectivity index (χ3v) is 3.53. The number of primary sulfonamides is 1. The van der Waals surface area contributed by atoms with Crippen molar-refractivity contribution in [3.05, 3.63) is 23.8 Å². The Labute approximate surface area is 89.1 Å². The van der Waals surface area contributed by atoms with Gasteiger partial charge in [-0.25, -0.2) is 13.6 Å². The van der Waals surface area contributed by atoms with Crippen LogP contribution in [0.4, 0.5) is 0 Å². The SMILES string of the molecule is CC1(C)COc2c1cccc2S(N)(=O)=O. The van der Waals surface area contributed by atoms with Gasteiger partial charge >= 0.3 is 0 Å². The fraction of sp³-hybridized carbons (Fsp3) is 0.400. The minimum Gasteiger partial charge on any atom is -0.491 e. The van der Waals surface area contributed by atoms with Crippen LogP contribution in [0.2, 0.25) is 0 Å². The number of hydrogen-bond donors (Lipinski definition) is 1. The Bertz CT molecular complexity index is 505. The second-order valence-corrected chi connectivity index (χ2v) is 5.88. The molecule has 0 radical (unpaired) electrons. The van der Waals surface area contributed by atoms with Gasteiger partial charge in [0.2, 0.25) is 10.0 Å². The van der Waals surface area contributed by atoms with Crippen molar-refractivity contribution < 1.29 is 13.2 Å². The molecule has 0 spiro atoms.